The molecular weight excluding hydrogens is 319 g/mol. The monoisotopic (exact) mass is 331 g/mol. The molecule has 0 spiro atoms. The normalized spacial score (nSPS) is 11.5. The summed E-state index contributed by atoms with van der Waals surface area (Å²) in [6.45, 7) is 0. The number of fused-ring (bicyclic) bond motifs is 1. The van der Waals surface area contributed by atoms with E-state index in [0.717, 1.165) is 24.3 Å². The fraction of sp³-hybridized carbons (Fsp3) is 0.0556. The first-order valence-corrected chi connectivity index (χ1v) is 7.05. The Morgan fingerprint density at radius 2 is 1.50 bits per heavy atom. The maximum Gasteiger partial charge on any atom is 0.416 e. The second kappa shape index (κ2) is 5.88. The Labute approximate surface area is 135 Å². The van der Waals surface area contributed by atoms with Gasteiger partial charge in [0.1, 0.15) is 5.75 Å². The van der Waals surface area contributed by atoms with E-state index in [1.54, 1.807) is 30.3 Å². The number of anilines is 1. The zero-order valence-corrected chi connectivity index (χ0v) is 12.3. The number of nitrogens with one attached hydrogen (secondary N) is 1. The summed E-state index contributed by atoms with van der Waals surface area (Å²) in [4.78, 5) is 12.2. The number of benzene rings is 3. The zero-order valence-electron chi connectivity index (χ0n) is 12.3. The summed E-state index contributed by atoms with van der Waals surface area (Å²) in [5, 5.41) is 13.7. The number of carbonyl (C=O) groups is 1. The summed E-state index contributed by atoms with van der Waals surface area (Å²) >= 11 is 0. The molecule has 0 radical (unpaired) electrons. The van der Waals surface area contributed by atoms with E-state index >= 15 is 0 Å². The number of hydrogen-bond donors (Lipinski definition) is 2. The van der Waals surface area contributed by atoms with Crippen molar-refractivity contribution in [3.05, 3.63) is 71.8 Å². The van der Waals surface area contributed by atoms with Crippen LogP contribution < -0.4 is 5.32 Å². The molecule has 0 aromatic heterocycles. The van der Waals surface area contributed by atoms with E-state index in [-0.39, 0.29) is 11.3 Å². The lowest BCUT2D eigenvalue weighted by Gasteiger charge is -2.11. The van der Waals surface area contributed by atoms with Gasteiger partial charge < -0.3 is 10.4 Å². The number of hydrogen-bond acceptors (Lipinski definition) is 2. The number of halogens is 3. The van der Waals surface area contributed by atoms with E-state index in [1.807, 2.05) is 0 Å². The first kappa shape index (κ1) is 15.9. The van der Waals surface area contributed by atoms with Crippen LogP contribution in [-0.4, -0.2) is 11.0 Å². The molecule has 3 nitrogen and oxygen atoms in total. The Bertz CT molecular complexity index is 902. The van der Waals surface area contributed by atoms with E-state index < -0.39 is 17.6 Å². The van der Waals surface area contributed by atoms with Crippen LogP contribution in [0.2, 0.25) is 0 Å². The fourth-order valence-electron chi connectivity index (χ4n) is 2.41. The Morgan fingerprint density at radius 3 is 2.17 bits per heavy atom. The zero-order chi connectivity index (χ0) is 17.3. The maximum atomic E-state index is 12.6. The summed E-state index contributed by atoms with van der Waals surface area (Å²) in [6.07, 6.45) is -4.44. The minimum atomic E-state index is -4.44. The molecule has 0 heterocycles. The standard InChI is InChI=1S/C18H12F3NO2/c19-18(20,21)12-9-7-11(8-10-12)17(24)22-15-5-1-4-14-13(15)3-2-6-16(14)23/h1-10,23H,(H,22,24). The molecule has 6 heteroatoms. The lowest BCUT2D eigenvalue weighted by Crippen LogP contribution is -2.13. The van der Waals surface area contributed by atoms with Gasteiger partial charge in [-0.2, -0.15) is 13.2 Å². The quantitative estimate of drug-likeness (QED) is 0.707. The summed E-state index contributed by atoms with van der Waals surface area (Å²) in [5.74, 6) is -0.447. The third-order valence-corrected chi connectivity index (χ3v) is 3.62. The number of phenolic OH excluding ortho intramolecular Hbond substituents is 1. The predicted molar refractivity (Wildman–Crippen MR) is 85.0 cm³/mol. The Morgan fingerprint density at radius 1 is 0.875 bits per heavy atom. The molecule has 0 atom stereocenters. The van der Waals surface area contributed by atoms with E-state index in [2.05, 4.69) is 5.32 Å². The Hall–Kier alpha value is -3.02. The summed E-state index contributed by atoms with van der Waals surface area (Å²) in [6, 6.07) is 13.9. The van der Waals surface area contributed by atoms with Crippen molar-refractivity contribution in [2.75, 3.05) is 5.32 Å². The van der Waals surface area contributed by atoms with Crippen LogP contribution in [0.15, 0.2) is 60.7 Å². The van der Waals surface area contributed by atoms with Gasteiger partial charge in [-0.15, -0.1) is 0 Å². The molecule has 2 N–H and O–H groups in total. The van der Waals surface area contributed by atoms with Gasteiger partial charge in [0.05, 0.1) is 5.56 Å². The van der Waals surface area contributed by atoms with Crippen molar-refractivity contribution in [3.63, 3.8) is 0 Å². The van der Waals surface area contributed by atoms with Crippen LogP contribution in [0.3, 0.4) is 0 Å². The highest BCUT2D eigenvalue weighted by molar-refractivity contribution is 6.09. The molecule has 0 saturated heterocycles. The predicted octanol–water partition coefficient (Wildman–Crippen LogP) is 4.82. The molecule has 122 valence electrons. The highest BCUT2D eigenvalue weighted by atomic mass is 19.4. The molecule has 0 fully saturated rings. The molecule has 3 rings (SSSR count). The van der Waals surface area contributed by atoms with Gasteiger partial charge in [0.25, 0.3) is 5.91 Å². The minimum absolute atomic E-state index is 0.0816. The average Bonchev–Trinajstić information content (AvgIpc) is 2.55. The van der Waals surface area contributed by atoms with E-state index in [0.29, 0.717) is 16.5 Å². The number of amides is 1. The van der Waals surface area contributed by atoms with Gasteiger partial charge >= 0.3 is 6.18 Å². The second-order valence-electron chi connectivity index (χ2n) is 5.21. The highest BCUT2D eigenvalue weighted by Gasteiger charge is 2.30. The molecule has 24 heavy (non-hydrogen) atoms. The van der Waals surface area contributed by atoms with Crippen LogP contribution >= 0.6 is 0 Å². The average molecular weight is 331 g/mol. The van der Waals surface area contributed by atoms with Crippen LogP contribution in [0.1, 0.15) is 15.9 Å². The molecule has 1 amide bonds. The topological polar surface area (TPSA) is 49.3 Å². The molecule has 0 bridgehead atoms. The lowest BCUT2D eigenvalue weighted by molar-refractivity contribution is -0.137. The van der Waals surface area contributed by atoms with Crippen LogP contribution in [0.25, 0.3) is 10.8 Å². The van der Waals surface area contributed by atoms with Crippen molar-refractivity contribution in [2.45, 2.75) is 6.18 Å². The summed E-state index contributed by atoms with van der Waals surface area (Å²) < 4.78 is 37.7. The number of aromatic hydroxyl groups is 1. The van der Waals surface area contributed by atoms with Crippen molar-refractivity contribution < 1.29 is 23.1 Å². The molecule has 3 aromatic rings. The largest absolute Gasteiger partial charge is 0.507 e. The van der Waals surface area contributed by atoms with Gasteiger partial charge in [-0.25, -0.2) is 0 Å². The van der Waals surface area contributed by atoms with Crippen molar-refractivity contribution in [2.24, 2.45) is 0 Å². The second-order valence-corrected chi connectivity index (χ2v) is 5.21. The Kier molecular flexibility index (Phi) is 3.89. The van der Waals surface area contributed by atoms with Crippen LogP contribution in [0.5, 0.6) is 5.75 Å². The van der Waals surface area contributed by atoms with E-state index in [9.17, 15) is 23.1 Å². The third kappa shape index (κ3) is 3.03. The van der Waals surface area contributed by atoms with Crippen LogP contribution in [-0.2, 0) is 6.18 Å². The van der Waals surface area contributed by atoms with E-state index in [1.165, 1.54) is 6.07 Å². The van der Waals surface area contributed by atoms with Gasteiger partial charge in [0.15, 0.2) is 0 Å². The van der Waals surface area contributed by atoms with Gasteiger partial charge in [-0.05, 0) is 36.4 Å². The highest BCUT2D eigenvalue weighted by Crippen LogP contribution is 2.31. The molecule has 0 unspecified atom stereocenters. The number of alkyl halides is 3. The number of carbonyl (C=O) groups excluding carboxylic acids is 1. The SMILES string of the molecule is O=C(Nc1cccc2c(O)cccc12)c1ccc(C(F)(F)F)cc1. The summed E-state index contributed by atoms with van der Waals surface area (Å²) in [7, 11) is 0. The number of phenols is 1. The minimum Gasteiger partial charge on any atom is -0.507 e. The molecular formula is C18H12F3NO2. The van der Waals surface area contributed by atoms with Crippen LogP contribution in [0, 0.1) is 0 Å². The molecule has 0 aliphatic rings. The molecule has 0 saturated carbocycles. The summed E-state index contributed by atoms with van der Waals surface area (Å²) in [5.41, 5.74) is -0.234. The third-order valence-electron chi connectivity index (χ3n) is 3.62. The molecule has 3 aromatic carbocycles. The van der Waals surface area contributed by atoms with Crippen LogP contribution in [0.4, 0.5) is 18.9 Å². The van der Waals surface area contributed by atoms with Gasteiger partial charge in [0, 0.05) is 22.0 Å². The van der Waals surface area contributed by atoms with Crippen molar-refractivity contribution in [3.8, 4) is 5.75 Å². The first-order valence-electron chi connectivity index (χ1n) is 7.05. The van der Waals surface area contributed by atoms with E-state index in [4.69, 9.17) is 0 Å². The van der Waals surface area contributed by atoms with Crippen molar-refractivity contribution >= 4 is 22.4 Å². The smallest absolute Gasteiger partial charge is 0.416 e. The van der Waals surface area contributed by atoms with Gasteiger partial charge in [-0.3, -0.25) is 4.79 Å². The van der Waals surface area contributed by atoms with Gasteiger partial charge in [0.2, 0.25) is 0 Å². The molecule has 0 aliphatic carbocycles. The fourth-order valence-corrected chi connectivity index (χ4v) is 2.41. The lowest BCUT2D eigenvalue weighted by atomic mass is 10.1. The van der Waals surface area contributed by atoms with Crippen molar-refractivity contribution in [1.82, 2.24) is 0 Å². The van der Waals surface area contributed by atoms with Gasteiger partial charge in [-0.1, -0.05) is 24.3 Å². The molecule has 0 aliphatic heterocycles. The first-order chi connectivity index (χ1) is 11.4. The maximum absolute atomic E-state index is 12.6. The Balaban J connectivity index is 1.89. The van der Waals surface area contributed by atoms with Crippen molar-refractivity contribution in [1.29, 1.82) is 0 Å². The number of rotatable bonds is 2.